The Hall–Kier alpha value is -2.47. The molecule has 2 saturated heterocycles. The van der Waals surface area contributed by atoms with Crippen LogP contribution in [-0.2, 0) is 0 Å². The third-order valence-corrected chi connectivity index (χ3v) is 7.64. The normalized spacial score (nSPS) is 23.8. The number of benzene rings is 2. The highest BCUT2D eigenvalue weighted by Gasteiger charge is 2.47. The number of aliphatic hydroxyl groups is 1. The number of likely N-dealkylation sites (tertiary alicyclic amines) is 2. The molecule has 2 aliphatic rings. The third-order valence-electron chi connectivity index (χ3n) is 7.39. The molecule has 2 atom stereocenters. The summed E-state index contributed by atoms with van der Waals surface area (Å²) in [5, 5.41) is 11.7. The molecule has 2 aliphatic heterocycles. The number of para-hydroxylation sites is 1. The number of piperidine rings is 2. The maximum atomic E-state index is 13.8. The van der Waals surface area contributed by atoms with Gasteiger partial charge in [0.25, 0.3) is 5.91 Å². The highest BCUT2D eigenvalue weighted by Crippen LogP contribution is 2.42. The smallest absolute Gasteiger partial charge is 0.254 e. The summed E-state index contributed by atoms with van der Waals surface area (Å²) in [7, 11) is 2.11. The molecule has 0 saturated carbocycles. The third kappa shape index (κ3) is 3.68. The van der Waals surface area contributed by atoms with Crippen LogP contribution in [0.1, 0.15) is 29.6 Å². The molecular formula is C26H28ClN3O2. The number of aliphatic hydroxyl groups excluding tert-OH is 1. The summed E-state index contributed by atoms with van der Waals surface area (Å²) in [6.07, 6.45) is 2.96. The lowest BCUT2D eigenvalue weighted by Gasteiger charge is -2.53. The van der Waals surface area contributed by atoms with Crippen LogP contribution in [0, 0.1) is 5.41 Å². The van der Waals surface area contributed by atoms with Crippen LogP contribution in [-0.4, -0.2) is 65.1 Å². The zero-order chi connectivity index (χ0) is 22.3. The van der Waals surface area contributed by atoms with Crippen molar-refractivity contribution in [2.75, 3.05) is 33.3 Å². The van der Waals surface area contributed by atoms with Crippen LogP contribution < -0.4 is 0 Å². The van der Waals surface area contributed by atoms with Crippen LogP contribution in [0.3, 0.4) is 0 Å². The van der Waals surface area contributed by atoms with Gasteiger partial charge in [0.2, 0.25) is 0 Å². The number of rotatable bonds is 3. The lowest BCUT2D eigenvalue weighted by Crippen LogP contribution is -2.62. The summed E-state index contributed by atoms with van der Waals surface area (Å²) in [6.45, 7) is 2.50. The topological polar surface area (TPSA) is 56.7 Å². The first kappa shape index (κ1) is 21.4. The molecule has 0 unspecified atom stereocenters. The number of amides is 1. The second-order valence-corrected chi connectivity index (χ2v) is 9.64. The Bertz CT molecular complexity index is 1150. The van der Waals surface area contributed by atoms with Gasteiger partial charge in [-0.3, -0.25) is 4.79 Å². The fraction of sp³-hybridized carbons (Fsp3) is 0.385. The van der Waals surface area contributed by atoms with E-state index >= 15 is 0 Å². The molecule has 166 valence electrons. The number of hydrogen-bond acceptors (Lipinski definition) is 4. The molecule has 6 heteroatoms. The average Bonchev–Trinajstić information content (AvgIpc) is 2.83. The van der Waals surface area contributed by atoms with Crippen LogP contribution in [0.5, 0.6) is 0 Å². The average molecular weight is 450 g/mol. The van der Waals surface area contributed by atoms with Gasteiger partial charge < -0.3 is 14.9 Å². The van der Waals surface area contributed by atoms with Gasteiger partial charge in [-0.15, -0.1) is 0 Å². The van der Waals surface area contributed by atoms with Crippen molar-refractivity contribution in [1.82, 2.24) is 14.8 Å². The summed E-state index contributed by atoms with van der Waals surface area (Å²) >= 11 is 6.07. The van der Waals surface area contributed by atoms with Crippen LogP contribution in [0.4, 0.5) is 0 Å². The summed E-state index contributed by atoms with van der Waals surface area (Å²) in [6, 6.07) is 17.5. The number of hydrogen-bond donors (Lipinski definition) is 1. The van der Waals surface area contributed by atoms with E-state index in [1.165, 1.54) is 0 Å². The summed E-state index contributed by atoms with van der Waals surface area (Å²) < 4.78 is 0. The Morgan fingerprint density at radius 3 is 2.72 bits per heavy atom. The number of carbonyl (C=O) groups excluding carboxylic acids is 1. The molecule has 2 aromatic carbocycles. The Kier molecular flexibility index (Phi) is 5.66. The van der Waals surface area contributed by atoms with E-state index in [-0.39, 0.29) is 24.0 Å². The van der Waals surface area contributed by atoms with E-state index in [9.17, 15) is 9.90 Å². The molecule has 3 heterocycles. The number of aromatic nitrogens is 1. The predicted octanol–water partition coefficient (Wildman–Crippen LogP) is 4.47. The molecular weight excluding hydrogens is 422 g/mol. The van der Waals surface area contributed by atoms with Crippen molar-refractivity contribution in [2.24, 2.45) is 5.41 Å². The van der Waals surface area contributed by atoms with Crippen molar-refractivity contribution in [1.29, 1.82) is 0 Å². The first-order chi connectivity index (χ1) is 15.5. The van der Waals surface area contributed by atoms with Crippen LogP contribution in [0.2, 0.25) is 5.02 Å². The molecule has 0 radical (unpaired) electrons. The van der Waals surface area contributed by atoms with Crippen molar-refractivity contribution in [3.05, 3.63) is 65.2 Å². The number of likely N-dealkylation sites (N-methyl/N-ethyl adjacent to an activating group) is 1. The zero-order valence-corrected chi connectivity index (χ0v) is 19.1. The zero-order valence-electron chi connectivity index (χ0n) is 18.3. The second-order valence-electron chi connectivity index (χ2n) is 9.20. The van der Waals surface area contributed by atoms with Crippen molar-refractivity contribution in [3.63, 3.8) is 0 Å². The fourth-order valence-corrected chi connectivity index (χ4v) is 5.62. The van der Waals surface area contributed by atoms with E-state index < -0.39 is 0 Å². The first-order valence-corrected chi connectivity index (χ1v) is 11.6. The van der Waals surface area contributed by atoms with E-state index in [2.05, 4.69) is 11.9 Å². The summed E-state index contributed by atoms with van der Waals surface area (Å²) in [5.41, 5.74) is 3.08. The summed E-state index contributed by atoms with van der Waals surface area (Å²) in [4.78, 5) is 22.9. The van der Waals surface area contributed by atoms with Crippen molar-refractivity contribution in [3.8, 4) is 11.3 Å². The van der Waals surface area contributed by atoms with Gasteiger partial charge in [0, 0.05) is 40.5 Å². The minimum Gasteiger partial charge on any atom is -0.396 e. The Morgan fingerprint density at radius 1 is 1.16 bits per heavy atom. The van der Waals surface area contributed by atoms with E-state index in [0.717, 1.165) is 48.0 Å². The highest BCUT2D eigenvalue weighted by atomic mass is 35.5. The molecule has 3 aromatic rings. The SMILES string of the molecule is CN1CCC[C@]2(CO)CCN(C(=O)c3cc(-c4ccc(Cl)cc4)nc4ccccc34)C[C@@H]12. The number of halogens is 1. The van der Waals surface area contributed by atoms with Gasteiger partial charge in [-0.05, 0) is 57.1 Å². The largest absolute Gasteiger partial charge is 0.396 e. The number of pyridine rings is 1. The minimum atomic E-state index is -0.0987. The lowest BCUT2D eigenvalue weighted by molar-refractivity contribution is -0.0601. The van der Waals surface area contributed by atoms with Crippen molar-refractivity contribution >= 4 is 28.4 Å². The minimum absolute atomic E-state index is 0.0318. The molecule has 0 spiro atoms. The van der Waals surface area contributed by atoms with Gasteiger partial charge in [-0.25, -0.2) is 4.98 Å². The molecule has 2 fully saturated rings. The molecule has 1 aromatic heterocycles. The maximum Gasteiger partial charge on any atom is 0.254 e. The van der Waals surface area contributed by atoms with Gasteiger partial charge in [-0.1, -0.05) is 41.9 Å². The van der Waals surface area contributed by atoms with Crippen LogP contribution >= 0.6 is 11.6 Å². The van der Waals surface area contributed by atoms with Gasteiger partial charge in [0.1, 0.15) is 0 Å². The molecule has 5 nitrogen and oxygen atoms in total. The molecule has 5 rings (SSSR count). The standard InChI is InChI=1S/C26H28ClN3O2/c1-29-13-4-11-26(17-31)12-14-30(16-24(26)29)25(32)21-15-23(18-7-9-19(27)10-8-18)28-22-6-3-2-5-20(21)22/h2-3,5-10,15,24,31H,4,11-14,16-17H2,1H3/t24-,26-/m1/s1. The lowest BCUT2D eigenvalue weighted by atomic mass is 9.69. The predicted molar refractivity (Wildman–Crippen MR) is 128 cm³/mol. The monoisotopic (exact) mass is 449 g/mol. The number of fused-ring (bicyclic) bond motifs is 2. The number of nitrogens with zero attached hydrogens (tertiary/aromatic N) is 3. The fourth-order valence-electron chi connectivity index (χ4n) is 5.49. The van der Waals surface area contributed by atoms with Gasteiger partial charge in [0.05, 0.1) is 23.4 Å². The van der Waals surface area contributed by atoms with E-state index in [1.807, 2.05) is 59.5 Å². The molecule has 0 bridgehead atoms. The molecule has 32 heavy (non-hydrogen) atoms. The van der Waals surface area contributed by atoms with Gasteiger partial charge in [0.15, 0.2) is 0 Å². The Morgan fingerprint density at radius 2 is 1.94 bits per heavy atom. The maximum absolute atomic E-state index is 13.8. The van der Waals surface area contributed by atoms with Crippen LogP contribution in [0.25, 0.3) is 22.2 Å². The molecule has 1 N–H and O–H groups in total. The highest BCUT2D eigenvalue weighted by molar-refractivity contribution is 6.30. The van der Waals surface area contributed by atoms with Crippen molar-refractivity contribution < 1.29 is 9.90 Å². The summed E-state index contributed by atoms with van der Waals surface area (Å²) in [5.74, 6) is 0.0318. The van der Waals surface area contributed by atoms with Gasteiger partial charge >= 0.3 is 0 Å². The first-order valence-electron chi connectivity index (χ1n) is 11.3. The second kappa shape index (κ2) is 8.47. The van der Waals surface area contributed by atoms with E-state index in [0.29, 0.717) is 23.7 Å². The quantitative estimate of drug-likeness (QED) is 0.640. The van der Waals surface area contributed by atoms with Gasteiger partial charge in [-0.2, -0.15) is 0 Å². The van der Waals surface area contributed by atoms with Crippen LogP contribution in [0.15, 0.2) is 54.6 Å². The number of carbonyl (C=O) groups is 1. The molecule has 1 amide bonds. The van der Waals surface area contributed by atoms with Crippen molar-refractivity contribution in [2.45, 2.75) is 25.3 Å². The molecule has 0 aliphatic carbocycles. The van der Waals surface area contributed by atoms with E-state index in [4.69, 9.17) is 16.6 Å². The van der Waals surface area contributed by atoms with E-state index in [1.54, 1.807) is 0 Å². The Labute approximate surface area is 193 Å². The Balaban J connectivity index is 1.52.